The second-order valence-corrected chi connectivity index (χ2v) is 9.94. The molecule has 32 heavy (non-hydrogen) atoms. The zero-order valence-electron chi connectivity index (χ0n) is 19.6. The number of hydroxylamine groups is 1. The number of alkyl halides is 3. The van der Waals surface area contributed by atoms with E-state index in [1.807, 2.05) is 53.7 Å². The monoisotopic (exact) mass is 449 g/mol. The van der Waals surface area contributed by atoms with Gasteiger partial charge >= 0.3 is 12.1 Å². The second kappa shape index (κ2) is 8.96. The van der Waals surface area contributed by atoms with Crippen molar-refractivity contribution in [2.45, 2.75) is 72.0 Å². The van der Waals surface area contributed by atoms with Gasteiger partial charge in [0.05, 0.1) is 5.56 Å². The van der Waals surface area contributed by atoms with Crippen LogP contribution in [0.1, 0.15) is 76.3 Å². The van der Waals surface area contributed by atoms with Crippen molar-refractivity contribution in [3.05, 3.63) is 69.4 Å². The Bertz CT molecular complexity index is 974. The van der Waals surface area contributed by atoms with E-state index in [0.29, 0.717) is 21.6 Å². The van der Waals surface area contributed by atoms with Crippen LogP contribution in [0.2, 0.25) is 0 Å². The van der Waals surface area contributed by atoms with Crippen LogP contribution >= 0.6 is 0 Å². The Morgan fingerprint density at radius 1 is 0.969 bits per heavy atom. The molecule has 0 aromatic heterocycles. The highest BCUT2D eigenvalue weighted by Gasteiger charge is 2.30. The van der Waals surface area contributed by atoms with Crippen LogP contribution in [0.15, 0.2) is 36.4 Å². The number of hydrogen-bond acceptors (Lipinski definition) is 3. The third kappa shape index (κ3) is 6.58. The van der Waals surface area contributed by atoms with Gasteiger partial charge < -0.3 is 9.94 Å². The average molecular weight is 450 g/mol. The molecule has 0 aliphatic rings. The molecule has 0 aliphatic carbocycles. The van der Waals surface area contributed by atoms with Gasteiger partial charge in [-0.05, 0) is 35.1 Å². The van der Waals surface area contributed by atoms with Gasteiger partial charge in [0.1, 0.15) is 5.75 Å². The Morgan fingerprint density at radius 2 is 1.44 bits per heavy atom. The topological polar surface area (TPSA) is 52.4 Å². The third-order valence-electron chi connectivity index (χ3n) is 4.89. The minimum Gasteiger partial charge on any atom is -0.624 e. The minimum atomic E-state index is -4.42. The number of carbonyl (C=O) groups is 1. The molecule has 0 heterocycles. The van der Waals surface area contributed by atoms with Gasteiger partial charge in [-0.2, -0.15) is 13.2 Å². The van der Waals surface area contributed by atoms with Crippen molar-refractivity contribution in [2.75, 3.05) is 0 Å². The van der Waals surface area contributed by atoms with Gasteiger partial charge in [0, 0.05) is 29.2 Å². The molecule has 0 spiro atoms. The summed E-state index contributed by atoms with van der Waals surface area (Å²) in [5, 5.41) is 12.6. The molecule has 4 nitrogen and oxygen atoms in total. The quantitative estimate of drug-likeness (QED) is 0.136. The number of halogens is 3. The molecule has 174 valence electrons. The van der Waals surface area contributed by atoms with E-state index < -0.39 is 17.7 Å². The highest BCUT2D eigenvalue weighted by molar-refractivity contribution is 5.79. The van der Waals surface area contributed by atoms with Crippen LogP contribution in [0.25, 0.3) is 0 Å². The van der Waals surface area contributed by atoms with Crippen molar-refractivity contribution >= 4 is 12.2 Å². The fraction of sp³-hybridized carbons (Fsp3) is 0.440. The Balaban J connectivity index is 2.50. The van der Waals surface area contributed by atoms with Gasteiger partial charge in [-0.1, -0.05) is 53.7 Å². The summed E-state index contributed by atoms with van der Waals surface area (Å²) < 4.78 is 44.5. The van der Waals surface area contributed by atoms with Crippen molar-refractivity contribution in [2.24, 2.45) is 0 Å². The first-order valence-electron chi connectivity index (χ1n) is 10.3. The Kier molecular flexibility index (Phi) is 7.12. The predicted molar refractivity (Wildman–Crippen MR) is 119 cm³/mol. The normalized spacial score (nSPS) is 13.2. The maximum Gasteiger partial charge on any atom is 0.416 e. The first-order chi connectivity index (χ1) is 14.5. The number of nitrogens with zero attached hydrogens (tertiary/aromatic N) is 1. The summed E-state index contributed by atoms with van der Waals surface area (Å²) in [6.07, 6.45) is -3.02. The summed E-state index contributed by atoms with van der Waals surface area (Å²) in [7, 11) is 0. The van der Waals surface area contributed by atoms with Gasteiger partial charge in [0.15, 0.2) is 12.8 Å². The molecule has 2 aromatic carbocycles. The molecule has 0 saturated heterocycles. The van der Waals surface area contributed by atoms with E-state index in [-0.39, 0.29) is 17.4 Å². The number of ether oxygens (including phenoxy) is 1. The van der Waals surface area contributed by atoms with Crippen molar-refractivity contribution in [1.29, 1.82) is 0 Å². The molecule has 0 unspecified atom stereocenters. The second-order valence-electron chi connectivity index (χ2n) is 9.94. The van der Waals surface area contributed by atoms with Crippen LogP contribution in [0.4, 0.5) is 13.2 Å². The van der Waals surface area contributed by atoms with E-state index in [9.17, 15) is 23.2 Å². The highest BCUT2D eigenvalue weighted by Crippen LogP contribution is 2.40. The van der Waals surface area contributed by atoms with Crippen LogP contribution in [-0.4, -0.2) is 16.9 Å². The first-order valence-corrected chi connectivity index (χ1v) is 10.3. The third-order valence-corrected chi connectivity index (χ3v) is 4.89. The number of hydrogen-bond donors (Lipinski definition) is 0. The summed E-state index contributed by atoms with van der Waals surface area (Å²) >= 11 is 0. The highest BCUT2D eigenvalue weighted by atomic mass is 19.4. The van der Waals surface area contributed by atoms with E-state index in [2.05, 4.69) is 0 Å². The minimum absolute atomic E-state index is 0.0977. The Labute approximate surface area is 187 Å². The van der Waals surface area contributed by atoms with E-state index >= 15 is 0 Å². The molecule has 0 N–H and O–H groups in total. The predicted octanol–water partition coefficient (Wildman–Crippen LogP) is 6.36. The zero-order chi connectivity index (χ0) is 24.5. The molecule has 0 atom stereocenters. The average Bonchev–Trinajstić information content (AvgIpc) is 2.60. The van der Waals surface area contributed by atoms with E-state index in [0.717, 1.165) is 23.3 Å². The van der Waals surface area contributed by atoms with Crippen LogP contribution in [0, 0.1) is 5.21 Å². The molecule has 7 heteroatoms. The van der Waals surface area contributed by atoms with Gasteiger partial charge in [-0.15, -0.1) is 0 Å². The molecule has 0 fully saturated rings. The van der Waals surface area contributed by atoms with E-state index in [1.165, 1.54) is 25.3 Å². The van der Waals surface area contributed by atoms with Crippen LogP contribution < -0.4 is 4.74 Å². The lowest BCUT2D eigenvalue weighted by Gasteiger charge is -2.29. The fourth-order valence-corrected chi connectivity index (χ4v) is 3.28. The maximum atomic E-state index is 12.7. The lowest BCUT2D eigenvalue weighted by atomic mass is 9.78. The van der Waals surface area contributed by atoms with Gasteiger partial charge in [-0.25, -0.2) is 4.74 Å². The number of benzene rings is 2. The Morgan fingerprint density at radius 3 is 1.81 bits per heavy atom. The van der Waals surface area contributed by atoms with Crippen molar-refractivity contribution in [3.63, 3.8) is 0 Å². The number of carbonyl (C=O) groups excluding carboxylic acids is 1. The van der Waals surface area contributed by atoms with Crippen LogP contribution in [0.5, 0.6) is 5.75 Å². The Hall–Kier alpha value is -2.83. The van der Waals surface area contributed by atoms with Crippen molar-refractivity contribution in [1.82, 2.24) is 0 Å². The van der Waals surface area contributed by atoms with Crippen molar-refractivity contribution in [3.8, 4) is 5.75 Å². The summed E-state index contributed by atoms with van der Waals surface area (Å²) in [4.78, 5) is 11.8. The number of rotatable bonds is 4. The molecule has 0 aliphatic heterocycles. The lowest BCUT2D eigenvalue weighted by Crippen LogP contribution is -2.22. The summed E-state index contributed by atoms with van der Waals surface area (Å²) in [5.41, 5.74) is 1.17. The van der Waals surface area contributed by atoms with Crippen molar-refractivity contribution < 1.29 is 27.4 Å². The largest absolute Gasteiger partial charge is 0.624 e. The zero-order valence-corrected chi connectivity index (χ0v) is 19.6. The number of esters is 1. The molecule has 0 radical (unpaired) electrons. The molecule has 0 bridgehead atoms. The molecule has 0 amide bonds. The molecular weight excluding hydrogens is 419 g/mol. The SMILES string of the molecule is CC(=O)Oc1c(C(C)(C)C)cc(/C=[N+](\[O-])Cc2ccc(C(F)(F)F)cc2)cc1C(C)(C)C. The van der Waals surface area contributed by atoms with Gasteiger partial charge in [0.25, 0.3) is 0 Å². The standard InChI is InChI=1S/C25H30F3NO3/c1-16(30)32-22-20(23(2,3)4)12-18(13-21(22)24(5,6)7)15-29(31)14-17-8-10-19(11-9-17)25(26,27)28/h8-13,15H,14H2,1-7H3/b29-15-. The maximum absolute atomic E-state index is 12.7. The smallest absolute Gasteiger partial charge is 0.416 e. The molecular formula is C25H30F3NO3. The molecule has 2 aromatic rings. The fourth-order valence-electron chi connectivity index (χ4n) is 3.28. The van der Waals surface area contributed by atoms with E-state index in [1.54, 1.807) is 0 Å². The summed E-state index contributed by atoms with van der Waals surface area (Å²) in [5.74, 6) is 0.0697. The van der Waals surface area contributed by atoms with Crippen LogP contribution in [-0.2, 0) is 28.3 Å². The van der Waals surface area contributed by atoms with Gasteiger partial charge in [-0.3, -0.25) is 4.79 Å². The summed E-state index contributed by atoms with van der Waals surface area (Å²) in [6, 6.07) is 8.15. The van der Waals surface area contributed by atoms with Gasteiger partial charge in [0.2, 0.25) is 0 Å². The molecule has 2 rings (SSSR count). The summed E-state index contributed by atoms with van der Waals surface area (Å²) in [6.45, 7) is 13.2. The lowest BCUT2D eigenvalue weighted by molar-refractivity contribution is -0.469. The molecule has 0 saturated carbocycles. The van der Waals surface area contributed by atoms with E-state index in [4.69, 9.17) is 4.74 Å². The first kappa shape index (κ1) is 25.4. The van der Waals surface area contributed by atoms with Crippen LogP contribution in [0.3, 0.4) is 0 Å².